The molecule has 2 atom stereocenters. The molecule has 0 rings (SSSR count). The zero-order chi connectivity index (χ0) is 9.89. The Kier molecular flexibility index (Phi) is 3.39. The van der Waals surface area contributed by atoms with Crippen LogP contribution in [-0.2, 0) is 9.59 Å². The van der Waals surface area contributed by atoms with E-state index in [4.69, 9.17) is 21.1 Å². The van der Waals surface area contributed by atoms with Crippen LogP contribution < -0.4 is 5.73 Å². The first-order chi connectivity index (χ1) is 5.37. The maximum Gasteiger partial charge on any atom is 0.333 e. The van der Waals surface area contributed by atoms with Crippen molar-refractivity contribution in [2.75, 3.05) is 0 Å². The number of aliphatic carboxylic acids is 2. The molecule has 5 N–H and O–H groups in total. The number of hydrogen-bond donors (Lipinski definition) is 4. The first-order valence-corrected chi connectivity index (χ1v) is 2.96. The minimum atomic E-state index is -1.76. The molecule has 0 aliphatic carbocycles. The second kappa shape index (κ2) is 3.84. The van der Waals surface area contributed by atoms with Crippen molar-refractivity contribution < 1.29 is 24.9 Å². The second-order valence-corrected chi connectivity index (χ2v) is 2.14. The highest BCUT2D eigenvalue weighted by atomic mass is 16.4. The molecule has 2 unspecified atom stereocenters. The van der Waals surface area contributed by atoms with Gasteiger partial charge in [0.15, 0.2) is 0 Å². The van der Waals surface area contributed by atoms with Crippen LogP contribution in [-0.4, -0.2) is 39.4 Å². The van der Waals surface area contributed by atoms with E-state index in [-0.39, 0.29) is 0 Å². The van der Waals surface area contributed by atoms with Gasteiger partial charge in [0, 0.05) is 0 Å². The summed E-state index contributed by atoms with van der Waals surface area (Å²) < 4.78 is 0. The van der Waals surface area contributed by atoms with Crippen LogP contribution >= 0.6 is 0 Å². The monoisotopic (exact) mass is 175 g/mol. The lowest BCUT2D eigenvalue weighted by molar-refractivity contribution is -0.141. The van der Waals surface area contributed by atoms with Crippen LogP contribution in [0.15, 0.2) is 12.2 Å². The highest BCUT2D eigenvalue weighted by Crippen LogP contribution is 2.03. The van der Waals surface area contributed by atoms with Crippen molar-refractivity contribution in [1.82, 2.24) is 0 Å². The molecule has 0 radical (unpaired) electrons. The normalized spacial score (nSPS) is 14.8. The van der Waals surface area contributed by atoms with Gasteiger partial charge in [-0.3, -0.25) is 4.79 Å². The van der Waals surface area contributed by atoms with E-state index in [0.717, 1.165) is 0 Å². The number of rotatable bonds is 4. The summed E-state index contributed by atoms with van der Waals surface area (Å²) in [6.45, 7) is 2.96. The second-order valence-electron chi connectivity index (χ2n) is 2.14. The molecular formula is C6H9NO5. The molecule has 6 nitrogen and oxygen atoms in total. The number of carboxylic acids is 2. The molecule has 12 heavy (non-hydrogen) atoms. The lowest BCUT2D eigenvalue weighted by atomic mass is 10.1. The van der Waals surface area contributed by atoms with Crippen molar-refractivity contribution in [2.45, 2.75) is 12.1 Å². The van der Waals surface area contributed by atoms with Gasteiger partial charge in [-0.1, -0.05) is 6.58 Å². The number of hydrogen-bond acceptors (Lipinski definition) is 4. The molecule has 0 aromatic carbocycles. The Morgan fingerprint density at radius 3 is 2.00 bits per heavy atom. The number of carbonyl (C=O) groups is 2. The Labute approximate surface area is 67.9 Å². The van der Waals surface area contributed by atoms with Crippen LogP contribution in [0.2, 0.25) is 0 Å². The van der Waals surface area contributed by atoms with E-state index in [0.29, 0.717) is 0 Å². The van der Waals surface area contributed by atoms with Crippen molar-refractivity contribution in [2.24, 2.45) is 5.73 Å². The SMILES string of the molecule is C=C(C(=O)O)C(O)C(N)C(=O)O. The van der Waals surface area contributed by atoms with Gasteiger partial charge in [-0.2, -0.15) is 0 Å². The van der Waals surface area contributed by atoms with E-state index in [1.54, 1.807) is 0 Å². The molecule has 0 saturated carbocycles. The van der Waals surface area contributed by atoms with Gasteiger partial charge in [-0.05, 0) is 0 Å². The quantitative estimate of drug-likeness (QED) is 0.382. The zero-order valence-electron chi connectivity index (χ0n) is 6.10. The number of aliphatic hydroxyl groups is 1. The fourth-order valence-electron chi connectivity index (χ4n) is 0.478. The fourth-order valence-corrected chi connectivity index (χ4v) is 0.478. The smallest absolute Gasteiger partial charge is 0.333 e. The summed E-state index contributed by atoms with van der Waals surface area (Å²) in [5.74, 6) is -2.95. The maximum absolute atomic E-state index is 10.2. The highest BCUT2D eigenvalue weighted by Gasteiger charge is 2.27. The van der Waals surface area contributed by atoms with Gasteiger partial charge < -0.3 is 21.1 Å². The molecule has 6 heteroatoms. The van der Waals surface area contributed by atoms with Crippen LogP contribution in [0.4, 0.5) is 0 Å². The van der Waals surface area contributed by atoms with Crippen molar-refractivity contribution in [3.05, 3.63) is 12.2 Å². The summed E-state index contributed by atoms with van der Waals surface area (Å²) in [6.07, 6.45) is -1.76. The minimum Gasteiger partial charge on any atom is -0.480 e. The molecule has 0 aromatic rings. The van der Waals surface area contributed by atoms with Crippen molar-refractivity contribution in [1.29, 1.82) is 0 Å². The topological polar surface area (TPSA) is 121 Å². The summed E-state index contributed by atoms with van der Waals surface area (Å²) in [4.78, 5) is 20.3. The molecule has 0 saturated heterocycles. The summed E-state index contributed by atoms with van der Waals surface area (Å²) in [6, 6.07) is -1.66. The third kappa shape index (κ3) is 2.33. The van der Waals surface area contributed by atoms with Gasteiger partial charge in [0.05, 0.1) is 5.57 Å². The average molecular weight is 175 g/mol. The first kappa shape index (κ1) is 10.6. The maximum atomic E-state index is 10.2. The Morgan fingerprint density at radius 1 is 1.33 bits per heavy atom. The Morgan fingerprint density at radius 2 is 1.75 bits per heavy atom. The van der Waals surface area contributed by atoms with E-state index < -0.39 is 29.7 Å². The van der Waals surface area contributed by atoms with Gasteiger partial charge in [0.2, 0.25) is 0 Å². The summed E-state index contributed by atoms with van der Waals surface area (Å²) in [5, 5.41) is 25.5. The lowest BCUT2D eigenvalue weighted by Gasteiger charge is -2.13. The van der Waals surface area contributed by atoms with Crippen LogP contribution in [0, 0.1) is 0 Å². The Bertz CT molecular complexity index is 224. The van der Waals surface area contributed by atoms with E-state index in [1.807, 2.05) is 0 Å². The average Bonchev–Trinajstić information content (AvgIpc) is 2.00. The predicted octanol–water partition coefficient (Wildman–Crippen LogP) is -1.60. The molecular weight excluding hydrogens is 166 g/mol. The summed E-state index contributed by atoms with van der Waals surface area (Å²) >= 11 is 0. The van der Waals surface area contributed by atoms with Crippen LogP contribution in [0.3, 0.4) is 0 Å². The van der Waals surface area contributed by atoms with E-state index in [2.05, 4.69) is 6.58 Å². The molecule has 0 amide bonds. The van der Waals surface area contributed by atoms with Gasteiger partial charge in [0.25, 0.3) is 0 Å². The molecule has 68 valence electrons. The third-order valence-corrected chi connectivity index (χ3v) is 1.26. The van der Waals surface area contributed by atoms with E-state index >= 15 is 0 Å². The molecule has 0 spiro atoms. The Balaban J connectivity index is 4.39. The zero-order valence-corrected chi connectivity index (χ0v) is 6.10. The third-order valence-electron chi connectivity index (χ3n) is 1.26. The molecule has 0 aliphatic rings. The van der Waals surface area contributed by atoms with Crippen molar-refractivity contribution in [3.8, 4) is 0 Å². The largest absolute Gasteiger partial charge is 0.480 e. The van der Waals surface area contributed by atoms with Crippen LogP contribution in [0.25, 0.3) is 0 Å². The lowest BCUT2D eigenvalue weighted by Crippen LogP contribution is -2.43. The van der Waals surface area contributed by atoms with E-state index in [1.165, 1.54) is 0 Å². The molecule has 0 bridgehead atoms. The standard InChI is InChI=1S/C6H9NO5/c1-2(5(9)10)4(8)3(7)6(11)12/h3-4,8H,1,7H2,(H,9,10)(H,11,12). The molecule has 0 aliphatic heterocycles. The Hall–Kier alpha value is -1.40. The summed E-state index contributed by atoms with van der Waals surface area (Å²) in [5.41, 5.74) is 4.29. The van der Waals surface area contributed by atoms with Crippen molar-refractivity contribution in [3.63, 3.8) is 0 Å². The van der Waals surface area contributed by atoms with E-state index in [9.17, 15) is 9.59 Å². The summed E-state index contributed by atoms with van der Waals surface area (Å²) in [7, 11) is 0. The number of nitrogens with two attached hydrogens (primary N) is 1. The molecule has 0 heterocycles. The number of aliphatic hydroxyl groups excluding tert-OH is 1. The van der Waals surface area contributed by atoms with Crippen molar-refractivity contribution >= 4 is 11.9 Å². The van der Waals surface area contributed by atoms with Gasteiger partial charge in [0.1, 0.15) is 12.1 Å². The molecule has 0 aromatic heterocycles. The first-order valence-electron chi connectivity index (χ1n) is 2.96. The highest BCUT2D eigenvalue weighted by molar-refractivity contribution is 5.89. The minimum absolute atomic E-state index is 0.634. The fraction of sp³-hybridized carbons (Fsp3) is 0.333. The van der Waals surface area contributed by atoms with Gasteiger partial charge >= 0.3 is 11.9 Å². The predicted molar refractivity (Wildman–Crippen MR) is 38.4 cm³/mol. The van der Waals surface area contributed by atoms with Gasteiger partial charge in [-0.15, -0.1) is 0 Å². The molecule has 0 fully saturated rings. The van der Waals surface area contributed by atoms with Crippen LogP contribution in [0.5, 0.6) is 0 Å². The van der Waals surface area contributed by atoms with Crippen LogP contribution in [0.1, 0.15) is 0 Å². The van der Waals surface area contributed by atoms with Gasteiger partial charge in [-0.25, -0.2) is 4.79 Å². The number of carboxylic acid groups (broad SMARTS) is 2.